The van der Waals surface area contributed by atoms with E-state index in [2.05, 4.69) is 4.99 Å². The number of benzene rings is 2. The Morgan fingerprint density at radius 1 is 1.05 bits per heavy atom. The Balaban J connectivity index is 1.93. The minimum atomic E-state index is -0.447. The lowest BCUT2D eigenvalue weighted by Gasteiger charge is -2.15. The Morgan fingerprint density at radius 3 is 2.33 bits per heavy atom. The summed E-state index contributed by atoms with van der Waals surface area (Å²) in [6.45, 7) is 0. The molecule has 0 radical (unpaired) electrons. The zero-order valence-corrected chi connectivity index (χ0v) is 11.4. The molecule has 0 saturated carbocycles. The van der Waals surface area contributed by atoms with Gasteiger partial charge in [0.25, 0.3) is 0 Å². The molecule has 3 rings (SSSR count). The largest absolute Gasteiger partial charge is 0.497 e. The van der Waals surface area contributed by atoms with Gasteiger partial charge >= 0.3 is 6.03 Å². The van der Waals surface area contributed by atoms with Crippen LogP contribution in [0.5, 0.6) is 5.75 Å². The Morgan fingerprint density at radius 2 is 1.71 bits per heavy atom. The van der Waals surface area contributed by atoms with Crippen LogP contribution in [0.15, 0.2) is 59.6 Å². The summed E-state index contributed by atoms with van der Waals surface area (Å²) >= 11 is 0. The Hall–Kier alpha value is -2.95. The van der Waals surface area contributed by atoms with Gasteiger partial charge in [0.2, 0.25) is 0 Å². The van der Waals surface area contributed by atoms with Crippen molar-refractivity contribution in [2.45, 2.75) is 0 Å². The van der Waals surface area contributed by atoms with Crippen molar-refractivity contribution in [1.29, 1.82) is 5.41 Å². The second-order valence-corrected chi connectivity index (χ2v) is 4.49. The molecule has 104 valence electrons. The fourth-order valence-electron chi connectivity index (χ4n) is 2.17. The van der Waals surface area contributed by atoms with Gasteiger partial charge in [-0.2, -0.15) is 4.99 Å². The molecule has 5 nitrogen and oxygen atoms in total. The molecular weight excluding hydrogens is 266 g/mol. The molecule has 2 aromatic rings. The monoisotopic (exact) mass is 279 g/mol. The van der Waals surface area contributed by atoms with Crippen molar-refractivity contribution in [1.82, 2.24) is 0 Å². The van der Waals surface area contributed by atoms with Gasteiger partial charge in [0.05, 0.1) is 12.8 Å². The van der Waals surface area contributed by atoms with Crippen molar-refractivity contribution in [3.63, 3.8) is 0 Å². The van der Waals surface area contributed by atoms with Gasteiger partial charge < -0.3 is 4.74 Å². The maximum atomic E-state index is 12.1. The summed E-state index contributed by atoms with van der Waals surface area (Å²) in [6.07, 6.45) is 0. The summed E-state index contributed by atoms with van der Waals surface area (Å²) in [7, 11) is 1.59. The van der Waals surface area contributed by atoms with E-state index < -0.39 is 6.03 Å². The third-order valence-electron chi connectivity index (χ3n) is 3.22. The summed E-state index contributed by atoms with van der Waals surface area (Å²) in [6, 6.07) is 15.7. The Bertz CT molecular complexity index is 721. The van der Waals surface area contributed by atoms with Crippen molar-refractivity contribution < 1.29 is 9.53 Å². The van der Waals surface area contributed by atoms with E-state index >= 15 is 0 Å². The fraction of sp³-hybridized carbons (Fsp3) is 0.0625. The lowest BCUT2D eigenvalue weighted by Crippen LogP contribution is -2.32. The molecule has 21 heavy (non-hydrogen) atoms. The minimum absolute atomic E-state index is 0.0800. The second kappa shape index (κ2) is 5.20. The molecule has 0 aliphatic carbocycles. The first-order chi connectivity index (χ1) is 10.2. The average molecular weight is 279 g/mol. The molecule has 2 aromatic carbocycles. The van der Waals surface area contributed by atoms with Crippen LogP contribution in [0.2, 0.25) is 0 Å². The average Bonchev–Trinajstić information content (AvgIpc) is 2.83. The van der Waals surface area contributed by atoms with E-state index in [1.54, 1.807) is 43.5 Å². The molecule has 0 unspecified atom stereocenters. The standard InChI is InChI=1S/C16H13N3O2/c1-21-13-9-7-11(8-10-13)14-15(17)19(16(20)18-14)12-5-3-2-4-6-12/h2-10,17H,1H3. The first kappa shape index (κ1) is 13.1. The number of nitrogens with one attached hydrogen (secondary N) is 1. The smallest absolute Gasteiger partial charge is 0.354 e. The van der Waals surface area contributed by atoms with E-state index in [9.17, 15) is 4.79 Å². The highest BCUT2D eigenvalue weighted by atomic mass is 16.5. The number of anilines is 1. The van der Waals surface area contributed by atoms with Gasteiger partial charge in [-0.15, -0.1) is 0 Å². The highest BCUT2D eigenvalue weighted by molar-refractivity contribution is 6.59. The number of rotatable bonds is 3. The summed E-state index contributed by atoms with van der Waals surface area (Å²) in [4.78, 5) is 17.3. The Labute approximate surface area is 122 Å². The van der Waals surface area contributed by atoms with E-state index in [0.717, 1.165) is 5.75 Å². The van der Waals surface area contributed by atoms with Gasteiger partial charge in [-0.05, 0) is 36.4 Å². The number of methoxy groups -OCH3 is 1. The highest BCUT2D eigenvalue weighted by Crippen LogP contribution is 2.22. The molecule has 1 aliphatic heterocycles. The van der Waals surface area contributed by atoms with E-state index in [-0.39, 0.29) is 5.84 Å². The number of amides is 2. The molecule has 5 heteroatoms. The van der Waals surface area contributed by atoms with Crippen molar-refractivity contribution in [2.75, 3.05) is 12.0 Å². The molecular formula is C16H13N3O2. The predicted octanol–water partition coefficient (Wildman–Crippen LogP) is 3.10. The van der Waals surface area contributed by atoms with Crippen molar-refractivity contribution in [2.24, 2.45) is 4.99 Å². The van der Waals surface area contributed by atoms with E-state index in [4.69, 9.17) is 10.1 Å². The molecule has 2 amide bonds. The van der Waals surface area contributed by atoms with Crippen LogP contribution < -0.4 is 9.64 Å². The van der Waals surface area contributed by atoms with Gasteiger partial charge in [-0.1, -0.05) is 18.2 Å². The number of carbonyl (C=O) groups excluding carboxylic acids is 1. The van der Waals surface area contributed by atoms with Crippen molar-refractivity contribution in [3.8, 4) is 5.75 Å². The number of carbonyl (C=O) groups is 1. The summed E-state index contributed by atoms with van der Waals surface area (Å²) < 4.78 is 5.10. The van der Waals surface area contributed by atoms with Crippen LogP contribution in [0.1, 0.15) is 5.56 Å². The number of aliphatic imine (C=N–C) groups is 1. The number of ether oxygens (including phenoxy) is 1. The topological polar surface area (TPSA) is 65.8 Å². The predicted molar refractivity (Wildman–Crippen MR) is 81.6 cm³/mol. The Kier molecular flexibility index (Phi) is 3.23. The van der Waals surface area contributed by atoms with Gasteiger partial charge in [-0.3, -0.25) is 5.41 Å². The first-order valence-corrected chi connectivity index (χ1v) is 6.42. The zero-order chi connectivity index (χ0) is 14.8. The van der Waals surface area contributed by atoms with Crippen LogP contribution >= 0.6 is 0 Å². The van der Waals surface area contributed by atoms with Crippen LogP contribution in [-0.4, -0.2) is 24.7 Å². The molecule has 1 aliphatic rings. The van der Waals surface area contributed by atoms with E-state index in [1.165, 1.54) is 4.90 Å². The number of amidine groups is 1. The molecule has 1 heterocycles. The molecule has 1 N–H and O–H groups in total. The molecule has 0 fully saturated rings. The van der Waals surface area contributed by atoms with E-state index in [0.29, 0.717) is 17.0 Å². The van der Waals surface area contributed by atoms with Gasteiger partial charge in [0.15, 0.2) is 5.84 Å². The SMILES string of the molecule is COc1ccc(C2=NC(=O)N(c3ccccc3)C2=N)cc1. The molecule has 0 atom stereocenters. The summed E-state index contributed by atoms with van der Waals surface area (Å²) in [5, 5.41) is 8.21. The third kappa shape index (κ3) is 2.29. The molecule has 0 bridgehead atoms. The highest BCUT2D eigenvalue weighted by Gasteiger charge is 2.31. The van der Waals surface area contributed by atoms with Crippen LogP contribution in [0.3, 0.4) is 0 Å². The molecule has 0 aromatic heterocycles. The summed E-state index contributed by atoms with van der Waals surface area (Å²) in [5.41, 5.74) is 1.72. The van der Waals surface area contributed by atoms with Crippen LogP contribution in [-0.2, 0) is 0 Å². The van der Waals surface area contributed by atoms with Crippen molar-refractivity contribution in [3.05, 3.63) is 60.2 Å². The minimum Gasteiger partial charge on any atom is -0.497 e. The normalized spacial score (nSPS) is 14.3. The zero-order valence-electron chi connectivity index (χ0n) is 11.4. The maximum Gasteiger partial charge on any atom is 0.354 e. The van der Waals surface area contributed by atoms with Gasteiger partial charge in [0, 0.05) is 5.56 Å². The number of hydrogen-bond acceptors (Lipinski definition) is 3. The number of para-hydroxylation sites is 1. The van der Waals surface area contributed by atoms with Gasteiger partial charge in [0.1, 0.15) is 11.5 Å². The fourth-order valence-corrected chi connectivity index (χ4v) is 2.17. The van der Waals surface area contributed by atoms with E-state index in [1.807, 2.05) is 18.2 Å². The number of nitrogens with zero attached hydrogens (tertiary/aromatic N) is 2. The molecule has 0 spiro atoms. The number of urea groups is 1. The number of hydrogen-bond donors (Lipinski definition) is 1. The second-order valence-electron chi connectivity index (χ2n) is 4.49. The van der Waals surface area contributed by atoms with Crippen LogP contribution in [0, 0.1) is 5.41 Å². The van der Waals surface area contributed by atoms with Crippen LogP contribution in [0.4, 0.5) is 10.5 Å². The maximum absolute atomic E-state index is 12.1. The lowest BCUT2D eigenvalue weighted by molar-refractivity contribution is 0.257. The van der Waals surface area contributed by atoms with Gasteiger partial charge in [-0.25, -0.2) is 9.69 Å². The third-order valence-corrected chi connectivity index (χ3v) is 3.22. The summed E-state index contributed by atoms with van der Waals surface area (Å²) in [5.74, 6) is 0.798. The van der Waals surface area contributed by atoms with Crippen molar-refractivity contribution >= 4 is 23.3 Å². The molecule has 0 saturated heterocycles. The quantitative estimate of drug-likeness (QED) is 0.938. The van der Waals surface area contributed by atoms with Crippen LogP contribution in [0.25, 0.3) is 0 Å². The first-order valence-electron chi connectivity index (χ1n) is 6.42. The lowest BCUT2D eigenvalue weighted by atomic mass is 10.1.